The molecule has 0 fully saturated rings. The highest BCUT2D eigenvalue weighted by atomic mass is 79.9. The molecule has 0 radical (unpaired) electrons. The van der Waals surface area contributed by atoms with Gasteiger partial charge in [-0.1, -0.05) is 22.9 Å². The maximum Gasteiger partial charge on any atom is 0.236 e. The predicted octanol–water partition coefficient (Wildman–Crippen LogP) is 3.10. The van der Waals surface area contributed by atoms with E-state index >= 15 is 0 Å². The minimum absolute atomic E-state index is 0.0878. The third-order valence-corrected chi connectivity index (χ3v) is 4.34. The quantitative estimate of drug-likeness (QED) is 0.787. The summed E-state index contributed by atoms with van der Waals surface area (Å²) in [6, 6.07) is 4.39. The number of aliphatic hydroxyl groups is 1. The Labute approximate surface area is 131 Å². The van der Waals surface area contributed by atoms with Crippen LogP contribution in [-0.2, 0) is 10.2 Å². The lowest BCUT2D eigenvalue weighted by Gasteiger charge is -2.38. The van der Waals surface area contributed by atoms with Crippen molar-refractivity contribution in [2.45, 2.75) is 43.6 Å². The molecule has 3 N–H and O–H groups in total. The van der Waals surface area contributed by atoms with E-state index in [2.05, 4.69) is 15.9 Å². The van der Waals surface area contributed by atoms with Crippen LogP contribution in [0.15, 0.2) is 22.7 Å². The van der Waals surface area contributed by atoms with Gasteiger partial charge in [-0.2, -0.15) is 0 Å². The second kappa shape index (κ2) is 6.00. The van der Waals surface area contributed by atoms with Crippen molar-refractivity contribution in [3.05, 3.63) is 34.1 Å². The fourth-order valence-corrected chi connectivity index (χ4v) is 3.02. The molecule has 0 aliphatic carbocycles. The summed E-state index contributed by atoms with van der Waals surface area (Å²) in [5.74, 6) is -1.25. The van der Waals surface area contributed by atoms with Crippen molar-refractivity contribution in [3.63, 3.8) is 0 Å². The van der Waals surface area contributed by atoms with Crippen molar-refractivity contribution < 1.29 is 14.3 Å². The number of carbonyl (C=O) groups excluding carboxylic acids is 1. The van der Waals surface area contributed by atoms with E-state index in [4.69, 9.17) is 17.3 Å². The molecule has 20 heavy (non-hydrogen) atoms. The highest BCUT2D eigenvalue weighted by molar-refractivity contribution is 9.10. The minimum Gasteiger partial charge on any atom is -0.390 e. The van der Waals surface area contributed by atoms with E-state index in [1.165, 1.54) is 6.07 Å². The van der Waals surface area contributed by atoms with Gasteiger partial charge in [0.05, 0.1) is 5.60 Å². The first-order valence-corrected chi connectivity index (χ1v) is 7.31. The molecule has 0 saturated carbocycles. The number of hydrogen-bond acceptors (Lipinski definition) is 2. The first-order valence-electron chi connectivity index (χ1n) is 6.09. The Morgan fingerprint density at radius 3 is 2.50 bits per heavy atom. The maximum atomic E-state index is 14.2. The Bertz CT molecular complexity index is 518. The number of benzene rings is 1. The fraction of sp³-hybridized carbons (Fsp3) is 0.500. The van der Waals surface area contributed by atoms with Gasteiger partial charge in [-0.3, -0.25) is 4.79 Å². The third-order valence-electron chi connectivity index (χ3n) is 3.15. The van der Waals surface area contributed by atoms with Gasteiger partial charge in [0.25, 0.3) is 0 Å². The van der Waals surface area contributed by atoms with E-state index in [1.54, 1.807) is 32.9 Å². The third kappa shape index (κ3) is 3.93. The van der Waals surface area contributed by atoms with Crippen LogP contribution < -0.4 is 5.73 Å². The van der Waals surface area contributed by atoms with Crippen LogP contribution in [0.2, 0.25) is 0 Å². The highest BCUT2D eigenvalue weighted by Crippen LogP contribution is 2.40. The van der Waals surface area contributed by atoms with Gasteiger partial charge in [0.1, 0.15) is 11.2 Å². The van der Waals surface area contributed by atoms with Gasteiger partial charge in [-0.15, -0.1) is 11.6 Å². The van der Waals surface area contributed by atoms with Crippen molar-refractivity contribution in [2.24, 2.45) is 5.73 Å². The topological polar surface area (TPSA) is 63.3 Å². The zero-order valence-electron chi connectivity index (χ0n) is 11.6. The van der Waals surface area contributed by atoms with E-state index in [-0.39, 0.29) is 12.0 Å². The lowest BCUT2D eigenvalue weighted by molar-refractivity contribution is -0.119. The average molecular weight is 367 g/mol. The SMILES string of the molecule is CC(C)(O)C[C@@](C)(c1cc(Br)ccc1F)C(Cl)C(N)=O. The van der Waals surface area contributed by atoms with Crippen LogP contribution in [0.5, 0.6) is 0 Å². The number of rotatable bonds is 5. The number of primary amides is 1. The summed E-state index contributed by atoms with van der Waals surface area (Å²) in [5, 5.41) is 8.92. The smallest absolute Gasteiger partial charge is 0.236 e. The Balaban J connectivity index is 3.44. The lowest BCUT2D eigenvalue weighted by atomic mass is 9.71. The number of halogens is 3. The molecule has 1 unspecified atom stereocenters. The highest BCUT2D eigenvalue weighted by Gasteiger charge is 2.43. The average Bonchev–Trinajstić information content (AvgIpc) is 2.28. The molecule has 0 aliphatic rings. The monoisotopic (exact) mass is 365 g/mol. The summed E-state index contributed by atoms with van der Waals surface area (Å²) in [6.45, 7) is 4.77. The van der Waals surface area contributed by atoms with Crippen LogP contribution in [0, 0.1) is 5.82 Å². The Morgan fingerprint density at radius 1 is 1.50 bits per heavy atom. The second-order valence-electron chi connectivity index (χ2n) is 5.80. The van der Waals surface area contributed by atoms with Crippen LogP contribution in [0.1, 0.15) is 32.8 Å². The summed E-state index contributed by atoms with van der Waals surface area (Å²) in [4.78, 5) is 11.5. The van der Waals surface area contributed by atoms with Gasteiger partial charge in [0, 0.05) is 9.89 Å². The summed E-state index contributed by atoms with van der Waals surface area (Å²) < 4.78 is 14.8. The molecule has 1 aromatic rings. The Morgan fingerprint density at radius 2 is 2.05 bits per heavy atom. The molecular formula is C14H18BrClFNO2. The first kappa shape index (κ1) is 17.4. The number of carbonyl (C=O) groups is 1. The molecule has 0 bridgehead atoms. The summed E-state index contributed by atoms with van der Waals surface area (Å²) in [5.41, 5.74) is 3.26. The van der Waals surface area contributed by atoms with Crippen molar-refractivity contribution in [1.82, 2.24) is 0 Å². The predicted molar refractivity (Wildman–Crippen MR) is 81.2 cm³/mol. The molecule has 0 saturated heterocycles. The molecule has 0 aromatic heterocycles. The van der Waals surface area contributed by atoms with Crippen LogP contribution in [0.25, 0.3) is 0 Å². The summed E-state index contributed by atoms with van der Waals surface area (Å²) >= 11 is 9.39. The zero-order chi connectivity index (χ0) is 15.7. The molecule has 112 valence electrons. The Kier molecular flexibility index (Phi) is 5.22. The van der Waals surface area contributed by atoms with Gasteiger partial charge in [-0.05, 0) is 44.0 Å². The van der Waals surface area contributed by atoms with Crippen molar-refractivity contribution in [3.8, 4) is 0 Å². The van der Waals surface area contributed by atoms with Crippen molar-refractivity contribution in [1.29, 1.82) is 0 Å². The molecule has 2 atom stereocenters. The number of nitrogens with two attached hydrogens (primary N) is 1. The molecule has 1 amide bonds. The second-order valence-corrected chi connectivity index (χ2v) is 7.15. The van der Waals surface area contributed by atoms with Gasteiger partial charge in [0.15, 0.2) is 0 Å². The first-order chi connectivity index (χ1) is 8.97. The number of alkyl halides is 1. The fourth-order valence-electron chi connectivity index (χ4n) is 2.47. The van der Waals surface area contributed by atoms with Crippen LogP contribution in [0.3, 0.4) is 0 Å². The molecule has 1 aromatic carbocycles. The largest absolute Gasteiger partial charge is 0.390 e. The Hall–Kier alpha value is -0.650. The van der Waals surface area contributed by atoms with E-state index in [0.717, 1.165) is 0 Å². The van der Waals surface area contributed by atoms with Crippen molar-refractivity contribution >= 4 is 33.4 Å². The van der Waals surface area contributed by atoms with Crippen LogP contribution >= 0.6 is 27.5 Å². The van der Waals surface area contributed by atoms with E-state index in [1.807, 2.05) is 0 Å². The van der Waals surface area contributed by atoms with Gasteiger partial charge in [-0.25, -0.2) is 4.39 Å². The molecular weight excluding hydrogens is 349 g/mol. The standard InChI is InChI=1S/C14H18BrClFNO2/c1-13(2,20)7-14(3,11(16)12(18)19)9-6-8(15)4-5-10(9)17/h4-6,11,20H,7H2,1-3H3,(H2,18,19)/t11?,14-/m0/s1. The van der Waals surface area contributed by atoms with Gasteiger partial charge >= 0.3 is 0 Å². The molecule has 0 spiro atoms. The number of amides is 1. The molecule has 1 rings (SSSR count). The minimum atomic E-state index is -1.14. The number of hydrogen-bond donors (Lipinski definition) is 2. The lowest BCUT2D eigenvalue weighted by Crippen LogP contribution is -2.46. The summed E-state index contributed by atoms with van der Waals surface area (Å²) in [6.07, 6.45) is 0.0878. The van der Waals surface area contributed by atoms with Crippen LogP contribution in [0.4, 0.5) is 4.39 Å². The molecule has 6 heteroatoms. The van der Waals surface area contributed by atoms with E-state index in [9.17, 15) is 14.3 Å². The normalized spacial score (nSPS) is 16.6. The van der Waals surface area contributed by atoms with E-state index < -0.39 is 28.1 Å². The van der Waals surface area contributed by atoms with E-state index in [0.29, 0.717) is 4.47 Å². The van der Waals surface area contributed by atoms with Gasteiger partial charge < -0.3 is 10.8 Å². The zero-order valence-corrected chi connectivity index (χ0v) is 13.9. The van der Waals surface area contributed by atoms with Crippen LogP contribution in [-0.4, -0.2) is 22.0 Å². The summed E-state index contributed by atoms with van der Waals surface area (Å²) in [7, 11) is 0. The molecule has 0 heterocycles. The van der Waals surface area contributed by atoms with Crippen molar-refractivity contribution in [2.75, 3.05) is 0 Å². The molecule has 0 aliphatic heterocycles. The van der Waals surface area contributed by atoms with Gasteiger partial charge in [0.2, 0.25) is 5.91 Å². The maximum absolute atomic E-state index is 14.2. The molecule has 3 nitrogen and oxygen atoms in total.